The molecule has 1 atom stereocenters. The van der Waals surface area contributed by atoms with Gasteiger partial charge in [0.1, 0.15) is 0 Å². The molecule has 0 unspecified atom stereocenters. The molecular weight excluding hydrogens is 122 g/mol. The largest absolute Gasteiger partial charge is 0.309 e. The Balaban J connectivity index is 0. The van der Waals surface area contributed by atoms with Crippen molar-refractivity contribution in [2.24, 2.45) is 5.92 Å². The van der Waals surface area contributed by atoms with Gasteiger partial charge in [0.15, 0.2) is 0 Å². The summed E-state index contributed by atoms with van der Waals surface area (Å²) in [5.41, 5.74) is 0. The minimum Gasteiger partial charge on any atom is -0.309 e. The van der Waals surface area contributed by atoms with E-state index in [1.807, 2.05) is 13.8 Å². The average molecular weight is 145 g/mol. The van der Waals surface area contributed by atoms with Crippen molar-refractivity contribution in [3.8, 4) is 0 Å². The van der Waals surface area contributed by atoms with Gasteiger partial charge in [-0.1, -0.05) is 34.1 Å². The molecular formula is C9H23N. The fourth-order valence-electron chi connectivity index (χ4n) is 0.752. The zero-order valence-electron chi connectivity index (χ0n) is 8.44. The van der Waals surface area contributed by atoms with E-state index in [4.69, 9.17) is 0 Å². The third kappa shape index (κ3) is 10.9. The van der Waals surface area contributed by atoms with Crippen LogP contribution in [0.5, 0.6) is 0 Å². The van der Waals surface area contributed by atoms with Crippen LogP contribution in [-0.2, 0) is 0 Å². The smallest absolute Gasteiger partial charge is 0.0000818 e. The summed E-state index contributed by atoms with van der Waals surface area (Å²) in [6.45, 7) is 9.73. The minimum atomic E-state index is 0.852. The van der Waals surface area contributed by atoms with Crippen LogP contribution in [0.15, 0.2) is 0 Å². The summed E-state index contributed by atoms with van der Waals surface area (Å²) in [4.78, 5) is 2.23. The van der Waals surface area contributed by atoms with Crippen molar-refractivity contribution in [1.82, 2.24) is 4.90 Å². The summed E-state index contributed by atoms with van der Waals surface area (Å²) in [6, 6.07) is 0. The van der Waals surface area contributed by atoms with E-state index in [-0.39, 0.29) is 0 Å². The molecule has 0 aliphatic rings. The lowest BCUT2D eigenvalue weighted by Crippen LogP contribution is -2.18. The van der Waals surface area contributed by atoms with Gasteiger partial charge in [0.25, 0.3) is 0 Å². The molecule has 64 valence electrons. The second-order valence-electron chi connectivity index (χ2n) is 2.78. The molecule has 0 aliphatic carbocycles. The molecule has 0 saturated carbocycles. The Morgan fingerprint density at radius 2 is 1.60 bits per heavy atom. The molecule has 0 aromatic heterocycles. The van der Waals surface area contributed by atoms with Crippen molar-refractivity contribution in [1.29, 1.82) is 0 Å². The van der Waals surface area contributed by atoms with Crippen LogP contribution in [0.2, 0.25) is 0 Å². The molecule has 0 aromatic rings. The van der Waals surface area contributed by atoms with Crippen molar-refractivity contribution in [3.05, 3.63) is 0 Å². The first-order valence-corrected chi connectivity index (χ1v) is 4.31. The molecule has 0 fully saturated rings. The Morgan fingerprint density at radius 3 is 1.70 bits per heavy atom. The number of rotatable bonds is 3. The lowest BCUT2D eigenvalue weighted by molar-refractivity contribution is 0.334. The van der Waals surface area contributed by atoms with Crippen molar-refractivity contribution < 1.29 is 0 Å². The number of hydrogen-bond donors (Lipinski definition) is 0. The van der Waals surface area contributed by atoms with E-state index in [0.29, 0.717) is 0 Å². The Morgan fingerprint density at radius 1 is 1.20 bits per heavy atom. The molecule has 0 amide bonds. The second-order valence-corrected chi connectivity index (χ2v) is 2.78. The monoisotopic (exact) mass is 145 g/mol. The maximum atomic E-state index is 2.28. The minimum absolute atomic E-state index is 0.852. The summed E-state index contributed by atoms with van der Waals surface area (Å²) in [5, 5.41) is 0. The zero-order valence-corrected chi connectivity index (χ0v) is 8.44. The fraction of sp³-hybridized carbons (Fsp3) is 1.00. The van der Waals surface area contributed by atoms with Crippen LogP contribution < -0.4 is 0 Å². The summed E-state index contributed by atoms with van der Waals surface area (Å²) < 4.78 is 0. The van der Waals surface area contributed by atoms with Crippen LogP contribution in [0, 0.1) is 5.92 Å². The molecule has 1 heteroatoms. The fourth-order valence-corrected chi connectivity index (χ4v) is 0.752. The molecule has 1 nitrogen and oxygen atoms in total. The van der Waals surface area contributed by atoms with Crippen LogP contribution in [0.25, 0.3) is 0 Å². The lowest BCUT2D eigenvalue weighted by atomic mass is 10.1. The molecule has 0 rings (SSSR count). The van der Waals surface area contributed by atoms with Gasteiger partial charge in [-0.25, -0.2) is 0 Å². The second kappa shape index (κ2) is 8.96. The highest BCUT2D eigenvalue weighted by molar-refractivity contribution is 4.51. The maximum absolute atomic E-state index is 2.28. The van der Waals surface area contributed by atoms with E-state index in [1.165, 1.54) is 13.0 Å². The first kappa shape index (κ1) is 12.6. The quantitative estimate of drug-likeness (QED) is 0.590. The first-order valence-electron chi connectivity index (χ1n) is 4.31. The molecule has 0 bridgehead atoms. The average Bonchev–Trinajstić information content (AvgIpc) is 1.91. The Bertz CT molecular complexity index is 50.7. The van der Waals surface area contributed by atoms with Gasteiger partial charge in [0.05, 0.1) is 0 Å². The Labute approximate surface area is 66.4 Å². The van der Waals surface area contributed by atoms with E-state index in [1.54, 1.807) is 0 Å². The lowest BCUT2D eigenvalue weighted by Gasteiger charge is -2.13. The van der Waals surface area contributed by atoms with Gasteiger partial charge in [-0.2, -0.15) is 0 Å². The molecule has 0 heterocycles. The third-order valence-electron chi connectivity index (χ3n) is 1.37. The van der Waals surface area contributed by atoms with Crippen LogP contribution in [0.3, 0.4) is 0 Å². The molecule has 0 N–H and O–H groups in total. The maximum Gasteiger partial charge on any atom is 0.0000818 e. The third-order valence-corrected chi connectivity index (χ3v) is 1.37. The normalized spacial score (nSPS) is 12.3. The van der Waals surface area contributed by atoms with Crippen LogP contribution >= 0.6 is 0 Å². The predicted octanol–water partition coefficient (Wildman–Crippen LogP) is 2.62. The Kier molecular flexibility index (Phi) is 11.3. The topological polar surface area (TPSA) is 3.24 Å². The summed E-state index contributed by atoms with van der Waals surface area (Å²) in [7, 11) is 4.23. The molecule has 0 spiro atoms. The van der Waals surface area contributed by atoms with E-state index >= 15 is 0 Å². The summed E-state index contributed by atoms with van der Waals surface area (Å²) in [5.74, 6) is 0.852. The molecule has 0 aromatic carbocycles. The highest BCUT2D eigenvalue weighted by Crippen LogP contribution is 1.99. The van der Waals surface area contributed by atoms with Gasteiger partial charge >= 0.3 is 0 Å². The van der Waals surface area contributed by atoms with Gasteiger partial charge in [0.2, 0.25) is 0 Å². The van der Waals surface area contributed by atoms with Crippen molar-refractivity contribution in [2.45, 2.75) is 34.1 Å². The first-order chi connectivity index (χ1) is 4.66. The van der Waals surface area contributed by atoms with E-state index in [2.05, 4.69) is 32.8 Å². The molecule has 0 radical (unpaired) electrons. The Hall–Kier alpha value is -0.0400. The summed E-state index contributed by atoms with van der Waals surface area (Å²) in [6.07, 6.45) is 1.29. The molecule has 10 heavy (non-hydrogen) atoms. The van der Waals surface area contributed by atoms with E-state index in [0.717, 1.165) is 5.92 Å². The molecule has 0 saturated heterocycles. The predicted molar refractivity (Wildman–Crippen MR) is 49.4 cm³/mol. The van der Waals surface area contributed by atoms with Crippen molar-refractivity contribution in [3.63, 3.8) is 0 Å². The molecule has 0 aliphatic heterocycles. The van der Waals surface area contributed by atoms with Gasteiger partial charge < -0.3 is 4.90 Å². The van der Waals surface area contributed by atoms with Crippen LogP contribution in [0.1, 0.15) is 34.1 Å². The zero-order chi connectivity index (χ0) is 8.57. The number of hydrogen-bond acceptors (Lipinski definition) is 1. The van der Waals surface area contributed by atoms with Crippen molar-refractivity contribution >= 4 is 0 Å². The van der Waals surface area contributed by atoms with Gasteiger partial charge in [-0.05, 0) is 20.0 Å². The highest BCUT2D eigenvalue weighted by atomic mass is 15.0. The highest BCUT2D eigenvalue weighted by Gasteiger charge is 1.97. The SMILES string of the molecule is CC.CC[C@@H](C)CN(C)C. The standard InChI is InChI=1S/C7H17N.C2H6/c1-5-7(2)6-8(3)4;1-2/h7H,5-6H2,1-4H3;1-2H3/t7-;/m1./s1. The van der Waals surface area contributed by atoms with Gasteiger partial charge in [-0.15, -0.1) is 0 Å². The van der Waals surface area contributed by atoms with Crippen molar-refractivity contribution in [2.75, 3.05) is 20.6 Å². The summed E-state index contributed by atoms with van der Waals surface area (Å²) >= 11 is 0. The number of nitrogens with zero attached hydrogens (tertiary/aromatic N) is 1. The van der Waals surface area contributed by atoms with Gasteiger partial charge in [-0.3, -0.25) is 0 Å². The van der Waals surface area contributed by atoms with Crippen LogP contribution in [-0.4, -0.2) is 25.5 Å². The van der Waals surface area contributed by atoms with E-state index in [9.17, 15) is 0 Å². The van der Waals surface area contributed by atoms with E-state index < -0.39 is 0 Å². The van der Waals surface area contributed by atoms with Gasteiger partial charge in [0, 0.05) is 6.54 Å². The van der Waals surface area contributed by atoms with Crippen LogP contribution in [0.4, 0.5) is 0 Å².